The van der Waals surface area contributed by atoms with Crippen molar-refractivity contribution in [3.63, 3.8) is 0 Å². The number of hydrogen-bond donors (Lipinski definition) is 0. The molecule has 1 aromatic carbocycles. The van der Waals surface area contributed by atoms with E-state index in [2.05, 4.69) is 17.3 Å². The Morgan fingerprint density at radius 3 is 2.48 bits per heavy atom. The molecule has 2 amide bonds. The maximum absolute atomic E-state index is 13.0. The second-order valence-corrected chi connectivity index (χ2v) is 8.66. The molecule has 1 aliphatic heterocycles. The molecular formula is C24H20N2O5. The fourth-order valence-electron chi connectivity index (χ4n) is 5.66. The molecule has 2 saturated carbocycles. The number of esters is 1. The maximum atomic E-state index is 13.0. The van der Waals surface area contributed by atoms with E-state index in [4.69, 9.17) is 9.15 Å². The van der Waals surface area contributed by atoms with Gasteiger partial charge in [-0.3, -0.25) is 9.59 Å². The Balaban J connectivity index is 1.22. The topological polar surface area (TPSA) is 89.2 Å². The molecule has 7 nitrogen and oxygen atoms in total. The predicted molar refractivity (Wildman–Crippen MR) is 110 cm³/mol. The van der Waals surface area contributed by atoms with Crippen LogP contribution in [0, 0.1) is 35.5 Å². The third-order valence-corrected chi connectivity index (χ3v) is 7.13. The number of methoxy groups -OCH3 is 1. The normalized spacial score (nSPS) is 32.5. The van der Waals surface area contributed by atoms with E-state index in [-0.39, 0.29) is 35.5 Å². The van der Waals surface area contributed by atoms with Crippen LogP contribution in [-0.2, 0) is 14.3 Å². The standard InChI is InChI=1S/C24H20N2O5/c1-30-24(29)13-4-2-3-12(9-13)19-8-5-14(31-19)11-25-26-22(27)20-15-6-7-16(18-10-17(15)18)21(20)23(26)28/h2-9,11,15-18,20-21H,10H2,1H3/b25-11-/t15-,16-,17-,18+,20+,21-/m1/s1. The van der Waals surface area contributed by atoms with Gasteiger partial charge in [0.05, 0.1) is 30.7 Å². The highest BCUT2D eigenvalue weighted by atomic mass is 16.5. The quantitative estimate of drug-likeness (QED) is 0.331. The van der Waals surface area contributed by atoms with Crippen LogP contribution in [0.2, 0.25) is 0 Å². The third kappa shape index (κ3) is 2.65. The first-order chi connectivity index (χ1) is 15.1. The van der Waals surface area contributed by atoms with E-state index in [9.17, 15) is 14.4 Å². The highest BCUT2D eigenvalue weighted by molar-refractivity contribution is 6.06. The van der Waals surface area contributed by atoms with Gasteiger partial charge in [0.15, 0.2) is 0 Å². The van der Waals surface area contributed by atoms with Gasteiger partial charge in [-0.05, 0) is 54.4 Å². The van der Waals surface area contributed by atoms with Crippen LogP contribution in [0.1, 0.15) is 22.5 Å². The predicted octanol–water partition coefficient (Wildman–Crippen LogP) is 3.12. The van der Waals surface area contributed by atoms with E-state index in [1.165, 1.54) is 13.3 Å². The van der Waals surface area contributed by atoms with Gasteiger partial charge in [-0.2, -0.15) is 10.1 Å². The van der Waals surface area contributed by atoms with Crippen LogP contribution in [0.4, 0.5) is 0 Å². The summed E-state index contributed by atoms with van der Waals surface area (Å²) in [4.78, 5) is 37.7. The number of hydrazone groups is 1. The lowest BCUT2D eigenvalue weighted by Gasteiger charge is -2.37. The number of furan rings is 1. The van der Waals surface area contributed by atoms with Crippen LogP contribution in [0.3, 0.4) is 0 Å². The Bertz CT molecular complexity index is 1140. The van der Waals surface area contributed by atoms with E-state index in [1.54, 1.807) is 30.3 Å². The fraction of sp³-hybridized carbons (Fsp3) is 0.333. The molecule has 2 bridgehead atoms. The summed E-state index contributed by atoms with van der Waals surface area (Å²) in [5.74, 6) is 1.07. The van der Waals surface area contributed by atoms with E-state index in [0.717, 1.165) is 11.4 Å². The second kappa shape index (κ2) is 6.51. The molecule has 2 aromatic rings. The van der Waals surface area contributed by atoms with Crippen molar-refractivity contribution in [2.45, 2.75) is 6.42 Å². The molecule has 1 aromatic heterocycles. The van der Waals surface area contributed by atoms with Crippen LogP contribution in [-0.4, -0.2) is 36.1 Å². The van der Waals surface area contributed by atoms with Gasteiger partial charge in [0.1, 0.15) is 11.5 Å². The van der Waals surface area contributed by atoms with E-state index >= 15 is 0 Å². The summed E-state index contributed by atoms with van der Waals surface area (Å²) < 4.78 is 10.6. The SMILES string of the molecule is COC(=O)c1cccc(-c2ccc(/C=N\N3C(=O)[C@@H]4[C@@H]5C=C[C@H]([C@H]6C[C@@H]56)[C@@H]4C3=O)o2)c1. The zero-order valence-electron chi connectivity index (χ0n) is 16.8. The molecule has 1 saturated heterocycles. The molecule has 0 unspecified atom stereocenters. The number of benzene rings is 1. The second-order valence-electron chi connectivity index (χ2n) is 8.66. The van der Waals surface area contributed by atoms with Crippen LogP contribution < -0.4 is 0 Å². The smallest absolute Gasteiger partial charge is 0.337 e. The summed E-state index contributed by atoms with van der Waals surface area (Å²) in [5, 5.41) is 5.23. The van der Waals surface area contributed by atoms with Crippen molar-refractivity contribution in [1.29, 1.82) is 0 Å². The van der Waals surface area contributed by atoms with Crippen LogP contribution in [0.15, 0.2) is 58.1 Å². The average Bonchev–Trinajstić information content (AvgIpc) is 3.44. The zero-order valence-corrected chi connectivity index (χ0v) is 16.8. The number of amides is 2. The van der Waals surface area contributed by atoms with Crippen LogP contribution in [0.25, 0.3) is 11.3 Å². The molecule has 2 heterocycles. The van der Waals surface area contributed by atoms with Gasteiger partial charge in [0, 0.05) is 5.56 Å². The Morgan fingerprint density at radius 2 is 1.81 bits per heavy atom. The monoisotopic (exact) mass is 416 g/mol. The average molecular weight is 416 g/mol. The minimum Gasteiger partial charge on any atom is -0.465 e. The first kappa shape index (κ1) is 18.3. The number of carbonyl (C=O) groups excluding carboxylic acids is 3. The molecule has 6 atom stereocenters. The van der Waals surface area contributed by atoms with Gasteiger partial charge in [-0.1, -0.05) is 24.3 Å². The van der Waals surface area contributed by atoms with Crippen molar-refractivity contribution in [3.8, 4) is 11.3 Å². The molecule has 0 N–H and O–H groups in total. The molecule has 7 rings (SSSR count). The van der Waals surface area contributed by atoms with Crippen LogP contribution >= 0.6 is 0 Å². The van der Waals surface area contributed by atoms with Crippen molar-refractivity contribution in [3.05, 3.63) is 59.9 Å². The third-order valence-electron chi connectivity index (χ3n) is 7.13. The molecule has 0 spiro atoms. The molecule has 3 fully saturated rings. The van der Waals surface area contributed by atoms with Crippen LogP contribution in [0.5, 0.6) is 0 Å². The lowest BCUT2D eigenvalue weighted by molar-refractivity contribution is -0.140. The Morgan fingerprint density at radius 1 is 1.10 bits per heavy atom. The summed E-state index contributed by atoms with van der Waals surface area (Å²) in [5.41, 5.74) is 1.13. The van der Waals surface area contributed by atoms with E-state index in [1.807, 2.05) is 6.07 Å². The molecule has 4 aliphatic carbocycles. The summed E-state index contributed by atoms with van der Waals surface area (Å²) in [6.45, 7) is 0. The molecule has 5 aliphatic rings. The Kier molecular flexibility index (Phi) is 3.84. The van der Waals surface area contributed by atoms with Crippen molar-refractivity contribution in [1.82, 2.24) is 5.01 Å². The molecule has 156 valence electrons. The zero-order chi connectivity index (χ0) is 21.3. The lowest BCUT2D eigenvalue weighted by atomic mass is 9.63. The van der Waals surface area contributed by atoms with Crippen molar-refractivity contribution in [2.75, 3.05) is 7.11 Å². The minimum atomic E-state index is -0.427. The first-order valence-electron chi connectivity index (χ1n) is 10.5. The Labute approximate surface area is 178 Å². The fourth-order valence-corrected chi connectivity index (χ4v) is 5.66. The van der Waals surface area contributed by atoms with Gasteiger partial charge in [-0.15, -0.1) is 0 Å². The van der Waals surface area contributed by atoms with Gasteiger partial charge in [0.2, 0.25) is 0 Å². The minimum absolute atomic E-state index is 0.175. The summed E-state index contributed by atoms with van der Waals surface area (Å²) >= 11 is 0. The van der Waals surface area contributed by atoms with Gasteiger partial charge in [0.25, 0.3) is 11.8 Å². The lowest BCUT2D eigenvalue weighted by Crippen LogP contribution is -2.40. The van der Waals surface area contributed by atoms with Crippen molar-refractivity contribution < 1.29 is 23.5 Å². The first-order valence-corrected chi connectivity index (χ1v) is 10.5. The molecular weight excluding hydrogens is 396 g/mol. The summed E-state index contributed by atoms with van der Waals surface area (Å²) in [7, 11) is 1.33. The molecule has 0 radical (unpaired) electrons. The van der Waals surface area contributed by atoms with Gasteiger partial charge >= 0.3 is 5.97 Å². The number of nitrogens with zero attached hydrogens (tertiary/aromatic N) is 2. The number of hydrogen-bond acceptors (Lipinski definition) is 6. The van der Waals surface area contributed by atoms with Gasteiger partial charge in [-0.25, -0.2) is 4.79 Å². The molecule has 31 heavy (non-hydrogen) atoms. The highest BCUT2D eigenvalue weighted by Gasteiger charge is 2.67. The van der Waals surface area contributed by atoms with Gasteiger partial charge < -0.3 is 9.15 Å². The number of allylic oxidation sites excluding steroid dienone is 2. The van der Waals surface area contributed by atoms with Crippen molar-refractivity contribution >= 4 is 24.0 Å². The number of ether oxygens (including phenoxy) is 1. The van der Waals surface area contributed by atoms with Crippen molar-refractivity contribution in [2.24, 2.45) is 40.6 Å². The van der Waals surface area contributed by atoms with E-state index in [0.29, 0.717) is 34.5 Å². The number of rotatable bonds is 4. The Hall–Kier alpha value is -3.48. The summed E-state index contributed by atoms with van der Waals surface area (Å²) in [6.07, 6.45) is 6.81. The number of carbonyl (C=O) groups is 3. The summed E-state index contributed by atoms with van der Waals surface area (Å²) in [6, 6.07) is 10.4. The highest BCUT2D eigenvalue weighted by Crippen LogP contribution is 2.65. The largest absolute Gasteiger partial charge is 0.465 e. The maximum Gasteiger partial charge on any atom is 0.337 e. The van der Waals surface area contributed by atoms with E-state index < -0.39 is 5.97 Å². The molecule has 7 heteroatoms. The number of imide groups is 1.